The molecule has 0 saturated heterocycles. The summed E-state index contributed by atoms with van der Waals surface area (Å²) in [7, 11) is 0. The molecule has 0 saturated carbocycles. The summed E-state index contributed by atoms with van der Waals surface area (Å²) in [5.41, 5.74) is 0.492. The number of carboxylic acid groups (broad SMARTS) is 1. The Hall–Kier alpha value is -1.98. The molecule has 1 aromatic carbocycles. The molecule has 0 aliphatic carbocycles. The van der Waals surface area contributed by atoms with Gasteiger partial charge >= 0.3 is 5.97 Å². The van der Waals surface area contributed by atoms with Crippen molar-refractivity contribution in [1.29, 1.82) is 0 Å². The third kappa shape index (κ3) is 1.65. The molecule has 1 aromatic heterocycles. The van der Waals surface area contributed by atoms with Crippen LogP contribution in [0, 0.1) is 11.6 Å². The Morgan fingerprint density at radius 3 is 2.73 bits per heavy atom. The molecule has 0 unspecified atom stereocenters. The van der Waals surface area contributed by atoms with E-state index in [1.807, 2.05) is 0 Å². The molecule has 4 nitrogen and oxygen atoms in total. The number of hydrogen-bond donors (Lipinski definition) is 1. The number of hydrogen-bond acceptors (Lipinski definition) is 2. The smallest absolute Gasteiger partial charge is 0.323 e. The Balaban J connectivity index is 2.59. The molecule has 0 atom stereocenters. The van der Waals surface area contributed by atoms with E-state index in [4.69, 9.17) is 5.11 Å². The van der Waals surface area contributed by atoms with Crippen molar-refractivity contribution in [2.45, 2.75) is 6.54 Å². The number of imidazole rings is 1. The topological polar surface area (TPSA) is 55.1 Å². The van der Waals surface area contributed by atoms with Crippen LogP contribution >= 0.6 is 0 Å². The molecule has 0 spiro atoms. The second-order valence-corrected chi connectivity index (χ2v) is 3.02. The monoisotopic (exact) mass is 212 g/mol. The Labute approximate surface area is 82.8 Å². The number of fused-ring (bicyclic) bond motifs is 1. The number of carbonyl (C=O) groups is 1. The molecule has 2 aromatic rings. The molecule has 0 aliphatic heterocycles. The molecule has 0 bridgehead atoms. The second-order valence-electron chi connectivity index (χ2n) is 3.02. The number of nitrogens with zero attached hydrogens (tertiary/aromatic N) is 2. The maximum absolute atomic E-state index is 12.9. The van der Waals surface area contributed by atoms with E-state index >= 15 is 0 Å². The van der Waals surface area contributed by atoms with Crippen LogP contribution in [-0.4, -0.2) is 20.6 Å². The summed E-state index contributed by atoms with van der Waals surface area (Å²) in [6.45, 7) is -0.332. The summed E-state index contributed by atoms with van der Waals surface area (Å²) in [5, 5.41) is 8.55. The largest absolute Gasteiger partial charge is 0.480 e. The fourth-order valence-corrected chi connectivity index (χ4v) is 1.33. The molecule has 15 heavy (non-hydrogen) atoms. The van der Waals surface area contributed by atoms with Gasteiger partial charge in [-0.15, -0.1) is 0 Å². The van der Waals surface area contributed by atoms with Crippen LogP contribution < -0.4 is 0 Å². The van der Waals surface area contributed by atoms with Crippen molar-refractivity contribution in [1.82, 2.24) is 9.55 Å². The van der Waals surface area contributed by atoms with E-state index in [0.717, 1.165) is 12.1 Å². The van der Waals surface area contributed by atoms with Crippen LogP contribution in [0.5, 0.6) is 0 Å². The lowest BCUT2D eigenvalue weighted by Gasteiger charge is -1.99. The highest BCUT2D eigenvalue weighted by molar-refractivity contribution is 5.77. The van der Waals surface area contributed by atoms with E-state index in [9.17, 15) is 13.6 Å². The first-order valence-corrected chi connectivity index (χ1v) is 4.09. The van der Waals surface area contributed by atoms with Gasteiger partial charge in [0.2, 0.25) is 0 Å². The molecular weight excluding hydrogens is 206 g/mol. The van der Waals surface area contributed by atoms with Gasteiger partial charge in [-0.3, -0.25) is 4.79 Å². The minimum atomic E-state index is -1.07. The summed E-state index contributed by atoms with van der Waals surface area (Å²) in [5.74, 6) is -3.09. The number of halogens is 2. The quantitative estimate of drug-likeness (QED) is 0.818. The zero-order valence-electron chi connectivity index (χ0n) is 7.44. The minimum absolute atomic E-state index is 0.232. The van der Waals surface area contributed by atoms with Gasteiger partial charge in [0.05, 0.1) is 17.4 Å². The van der Waals surface area contributed by atoms with Gasteiger partial charge in [0.1, 0.15) is 6.54 Å². The van der Waals surface area contributed by atoms with Crippen molar-refractivity contribution in [3.63, 3.8) is 0 Å². The molecule has 0 aliphatic rings. The SMILES string of the molecule is O=C(O)Cn1cnc2cc(F)c(F)cc21. The van der Waals surface area contributed by atoms with Gasteiger partial charge in [-0.05, 0) is 0 Å². The fraction of sp³-hybridized carbons (Fsp3) is 0.111. The van der Waals surface area contributed by atoms with E-state index in [1.165, 1.54) is 10.9 Å². The summed E-state index contributed by atoms with van der Waals surface area (Å²) in [6.07, 6.45) is 1.23. The molecule has 78 valence electrons. The Kier molecular flexibility index (Phi) is 2.11. The van der Waals surface area contributed by atoms with Crippen LogP contribution in [0.25, 0.3) is 11.0 Å². The normalized spacial score (nSPS) is 10.8. The third-order valence-corrected chi connectivity index (χ3v) is 1.97. The van der Waals surface area contributed by atoms with Gasteiger partial charge in [-0.25, -0.2) is 13.8 Å². The van der Waals surface area contributed by atoms with Crippen LogP contribution in [0.2, 0.25) is 0 Å². The van der Waals surface area contributed by atoms with E-state index < -0.39 is 17.6 Å². The van der Waals surface area contributed by atoms with E-state index in [-0.39, 0.29) is 17.6 Å². The van der Waals surface area contributed by atoms with Crippen LogP contribution in [0.15, 0.2) is 18.5 Å². The van der Waals surface area contributed by atoms with Gasteiger partial charge in [-0.1, -0.05) is 0 Å². The number of aliphatic carboxylic acids is 1. The summed E-state index contributed by atoms with van der Waals surface area (Å²) in [6, 6.07) is 1.86. The molecule has 6 heteroatoms. The molecular formula is C9H6F2N2O2. The lowest BCUT2D eigenvalue weighted by atomic mass is 10.3. The van der Waals surface area contributed by atoms with Crippen LogP contribution in [0.4, 0.5) is 8.78 Å². The zero-order valence-corrected chi connectivity index (χ0v) is 7.44. The maximum atomic E-state index is 12.9. The standard InChI is InChI=1S/C9H6F2N2O2/c10-5-1-7-8(2-6(5)11)13(4-12-7)3-9(14)15/h1-2,4H,3H2,(H,14,15). The first-order chi connectivity index (χ1) is 7.08. The zero-order chi connectivity index (χ0) is 11.0. The van der Waals surface area contributed by atoms with Crippen LogP contribution in [0.1, 0.15) is 0 Å². The Morgan fingerprint density at radius 2 is 2.07 bits per heavy atom. The van der Waals surface area contributed by atoms with Gasteiger partial charge < -0.3 is 9.67 Å². The third-order valence-electron chi connectivity index (χ3n) is 1.97. The second kappa shape index (κ2) is 3.30. The van der Waals surface area contributed by atoms with E-state index in [2.05, 4.69) is 4.98 Å². The number of aromatic nitrogens is 2. The average Bonchev–Trinajstić information content (AvgIpc) is 2.49. The Morgan fingerprint density at radius 1 is 1.40 bits per heavy atom. The van der Waals surface area contributed by atoms with Crippen LogP contribution in [0.3, 0.4) is 0 Å². The van der Waals surface area contributed by atoms with Gasteiger partial charge in [-0.2, -0.15) is 0 Å². The first-order valence-electron chi connectivity index (χ1n) is 4.09. The number of carboxylic acids is 1. The minimum Gasteiger partial charge on any atom is -0.480 e. The average molecular weight is 212 g/mol. The molecule has 0 amide bonds. The van der Waals surface area contributed by atoms with Gasteiger partial charge in [0.15, 0.2) is 11.6 Å². The Bertz CT molecular complexity index is 536. The number of benzene rings is 1. The maximum Gasteiger partial charge on any atom is 0.323 e. The van der Waals surface area contributed by atoms with Crippen molar-refractivity contribution >= 4 is 17.0 Å². The first kappa shape index (κ1) is 9.57. The summed E-state index contributed by atoms with van der Waals surface area (Å²) < 4.78 is 26.9. The highest BCUT2D eigenvalue weighted by atomic mass is 19.2. The van der Waals surface area contributed by atoms with Crippen molar-refractivity contribution in [2.75, 3.05) is 0 Å². The predicted octanol–water partition coefficient (Wildman–Crippen LogP) is 1.40. The molecule has 2 rings (SSSR count). The van der Waals surface area contributed by atoms with E-state index in [1.54, 1.807) is 0 Å². The van der Waals surface area contributed by atoms with Crippen molar-refractivity contribution in [3.8, 4) is 0 Å². The van der Waals surface area contributed by atoms with E-state index in [0.29, 0.717) is 0 Å². The molecule has 0 fully saturated rings. The lowest BCUT2D eigenvalue weighted by molar-refractivity contribution is -0.137. The van der Waals surface area contributed by atoms with Gasteiger partial charge in [0, 0.05) is 12.1 Å². The lowest BCUT2D eigenvalue weighted by Crippen LogP contribution is -2.07. The van der Waals surface area contributed by atoms with Crippen molar-refractivity contribution in [2.24, 2.45) is 0 Å². The highest BCUT2D eigenvalue weighted by Gasteiger charge is 2.10. The molecule has 1 heterocycles. The summed E-state index contributed by atoms with van der Waals surface area (Å²) >= 11 is 0. The molecule has 1 N–H and O–H groups in total. The van der Waals surface area contributed by atoms with Crippen molar-refractivity contribution < 1.29 is 18.7 Å². The van der Waals surface area contributed by atoms with Crippen LogP contribution in [-0.2, 0) is 11.3 Å². The van der Waals surface area contributed by atoms with Gasteiger partial charge in [0.25, 0.3) is 0 Å². The predicted molar refractivity (Wildman–Crippen MR) is 47.3 cm³/mol. The fourth-order valence-electron chi connectivity index (χ4n) is 1.33. The molecule has 0 radical (unpaired) electrons. The summed E-state index contributed by atoms with van der Waals surface area (Å²) in [4.78, 5) is 14.2. The number of rotatable bonds is 2. The van der Waals surface area contributed by atoms with Crippen molar-refractivity contribution in [3.05, 3.63) is 30.1 Å². The highest BCUT2D eigenvalue weighted by Crippen LogP contribution is 2.17.